The summed E-state index contributed by atoms with van der Waals surface area (Å²) in [4.78, 5) is 4.05. The summed E-state index contributed by atoms with van der Waals surface area (Å²) < 4.78 is 26.8. The number of hydrogen-bond acceptors (Lipinski definition) is 2. The van der Waals surface area contributed by atoms with Crippen molar-refractivity contribution in [1.29, 1.82) is 0 Å². The minimum atomic E-state index is -1.60. The Balaban J connectivity index is 2.06. The van der Waals surface area contributed by atoms with Gasteiger partial charge in [0.05, 0.1) is 6.54 Å². The highest BCUT2D eigenvalue weighted by atomic mass is 19.1. The van der Waals surface area contributed by atoms with Crippen LogP contribution in [0.25, 0.3) is 0 Å². The first-order valence-electron chi connectivity index (χ1n) is 7.65. The molecule has 0 saturated heterocycles. The lowest BCUT2D eigenvalue weighted by Gasteiger charge is -2.22. The van der Waals surface area contributed by atoms with Gasteiger partial charge in [-0.05, 0) is 37.1 Å². The second kappa shape index (κ2) is 7.40. The number of nitrogens with zero attached hydrogens (tertiary/aromatic N) is 1. The summed E-state index contributed by atoms with van der Waals surface area (Å²) in [6, 6.07) is 10.7. The number of rotatable bonds is 5. The molecule has 128 valence electrons. The number of aliphatic hydroxyl groups is 1. The number of nitrogens with two attached hydrogens (primary N) is 1. The van der Waals surface area contributed by atoms with Gasteiger partial charge in [0.15, 0.2) is 5.96 Å². The summed E-state index contributed by atoms with van der Waals surface area (Å²) in [5.41, 5.74) is 6.13. The van der Waals surface area contributed by atoms with E-state index < -0.39 is 17.2 Å². The predicted octanol–water partition coefficient (Wildman–Crippen LogP) is 3.16. The highest BCUT2D eigenvalue weighted by molar-refractivity contribution is 5.92. The number of aliphatic imine (C=N–C) groups is 1. The first-order chi connectivity index (χ1) is 11.3. The maximum absolute atomic E-state index is 13.8. The van der Waals surface area contributed by atoms with Crippen molar-refractivity contribution in [2.75, 3.05) is 11.9 Å². The summed E-state index contributed by atoms with van der Waals surface area (Å²) in [6.45, 7) is 3.30. The molecule has 0 spiro atoms. The fourth-order valence-electron chi connectivity index (χ4n) is 2.26. The fourth-order valence-corrected chi connectivity index (χ4v) is 2.26. The molecule has 0 aliphatic carbocycles. The van der Waals surface area contributed by atoms with E-state index in [2.05, 4.69) is 17.2 Å². The molecule has 0 fully saturated rings. The lowest BCUT2D eigenvalue weighted by atomic mass is 9.95. The van der Waals surface area contributed by atoms with Crippen molar-refractivity contribution in [3.63, 3.8) is 0 Å². The summed E-state index contributed by atoms with van der Waals surface area (Å²) in [7, 11) is 0. The van der Waals surface area contributed by atoms with Gasteiger partial charge < -0.3 is 16.2 Å². The van der Waals surface area contributed by atoms with Gasteiger partial charge in [-0.15, -0.1) is 0 Å². The standard InChI is InChI=1S/C18H21F2N3O/c1-3-12-4-7-14(8-5-12)23-17(21)22-11-18(2,24)15-9-6-13(19)10-16(15)20/h4-10,24H,3,11H2,1-2H3,(H3,21,22,23). The van der Waals surface area contributed by atoms with Gasteiger partial charge in [-0.2, -0.15) is 0 Å². The van der Waals surface area contributed by atoms with Gasteiger partial charge in [-0.3, -0.25) is 0 Å². The summed E-state index contributed by atoms with van der Waals surface area (Å²) in [5.74, 6) is -1.42. The monoisotopic (exact) mass is 333 g/mol. The van der Waals surface area contributed by atoms with Crippen LogP contribution in [0, 0.1) is 11.6 Å². The molecule has 0 saturated carbocycles. The van der Waals surface area contributed by atoms with Crippen LogP contribution in [0.2, 0.25) is 0 Å². The second-order valence-electron chi connectivity index (χ2n) is 5.77. The van der Waals surface area contributed by atoms with Crippen LogP contribution in [0.4, 0.5) is 14.5 Å². The van der Waals surface area contributed by atoms with E-state index in [0.717, 1.165) is 24.2 Å². The molecule has 0 amide bonds. The Morgan fingerprint density at radius 3 is 2.46 bits per heavy atom. The molecule has 2 aromatic carbocycles. The van der Waals surface area contributed by atoms with E-state index in [9.17, 15) is 13.9 Å². The van der Waals surface area contributed by atoms with Crippen molar-refractivity contribution in [2.45, 2.75) is 25.9 Å². The molecule has 0 bridgehead atoms. The minimum Gasteiger partial charge on any atom is -0.383 e. The average molecular weight is 333 g/mol. The normalized spacial score (nSPS) is 14.3. The average Bonchev–Trinajstić information content (AvgIpc) is 2.53. The van der Waals surface area contributed by atoms with Crippen LogP contribution in [-0.2, 0) is 12.0 Å². The van der Waals surface area contributed by atoms with Gasteiger partial charge in [0.25, 0.3) is 0 Å². The Labute approximate surface area is 140 Å². The Morgan fingerprint density at radius 1 is 1.21 bits per heavy atom. The SMILES string of the molecule is CCc1ccc(NC(N)=NCC(C)(O)c2ccc(F)cc2F)cc1. The molecule has 1 unspecified atom stereocenters. The molecule has 24 heavy (non-hydrogen) atoms. The summed E-state index contributed by atoms with van der Waals surface area (Å²) in [5, 5.41) is 13.3. The fraction of sp³-hybridized carbons (Fsp3) is 0.278. The zero-order valence-electron chi connectivity index (χ0n) is 13.7. The highest BCUT2D eigenvalue weighted by Gasteiger charge is 2.26. The lowest BCUT2D eigenvalue weighted by molar-refractivity contribution is 0.0634. The van der Waals surface area contributed by atoms with Crippen LogP contribution in [0.5, 0.6) is 0 Å². The maximum atomic E-state index is 13.8. The Bertz CT molecular complexity index is 728. The number of guanidine groups is 1. The van der Waals surface area contributed by atoms with Crippen LogP contribution in [0.15, 0.2) is 47.5 Å². The third-order valence-electron chi connectivity index (χ3n) is 3.70. The number of anilines is 1. The Morgan fingerprint density at radius 2 is 1.88 bits per heavy atom. The Hall–Kier alpha value is -2.47. The third-order valence-corrected chi connectivity index (χ3v) is 3.70. The minimum absolute atomic E-state index is 0.0345. The zero-order valence-corrected chi connectivity index (χ0v) is 13.7. The number of aryl methyl sites for hydroxylation is 1. The van der Waals surface area contributed by atoms with E-state index >= 15 is 0 Å². The van der Waals surface area contributed by atoms with E-state index in [1.165, 1.54) is 18.6 Å². The van der Waals surface area contributed by atoms with Gasteiger partial charge >= 0.3 is 0 Å². The van der Waals surface area contributed by atoms with Crippen molar-refractivity contribution in [1.82, 2.24) is 0 Å². The molecular formula is C18H21F2N3O. The van der Waals surface area contributed by atoms with Crippen molar-refractivity contribution >= 4 is 11.6 Å². The Kier molecular flexibility index (Phi) is 5.51. The second-order valence-corrected chi connectivity index (χ2v) is 5.77. The van der Waals surface area contributed by atoms with Crippen molar-refractivity contribution < 1.29 is 13.9 Å². The van der Waals surface area contributed by atoms with Gasteiger partial charge in [0.2, 0.25) is 0 Å². The summed E-state index contributed by atoms with van der Waals surface area (Å²) >= 11 is 0. The van der Waals surface area contributed by atoms with Crippen molar-refractivity contribution in [2.24, 2.45) is 10.7 Å². The number of nitrogens with one attached hydrogen (secondary N) is 1. The van der Waals surface area contributed by atoms with Gasteiger partial charge in [-0.1, -0.05) is 25.1 Å². The predicted molar refractivity (Wildman–Crippen MR) is 91.9 cm³/mol. The molecule has 2 aromatic rings. The maximum Gasteiger partial charge on any atom is 0.193 e. The molecule has 0 aliphatic rings. The zero-order chi connectivity index (χ0) is 17.7. The van der Waals surface area contributed by atoms with Crippen LogP contribution < -0.4 is 11.1 Å². The molecular weight excluding hydrogens is 312 g/mol. The van der Waals surface area contributed by atoms with Crippen LogP contribution >= 0.6 is 0 Å². The molecule has 0 aliphatic heterocycles. The van der Waals surface area contributed by atoms with Crippen LogP contribution in [0.3, 0.4) is 0 Å². The molecule has 6 heteroatoms. The molecule has 2 rings (SSSR count). The van der Waals surface area contributed by atoms with E-state index in [0.29, 0.717) is 0 Å². The van der Waals surface area contributed by atoms with Gasteiger partial charge in [0.1, 0.15) is 17.2 Å². The van der Waals surface area contributed by atoms with E-state index in [-0.39, 0.29) is 18.1 Å². The molecule has 4 N–H and O–H groups in total. The highest BCUT2D eigenvalue weighted by Crippen LogP contribution is 2.24. The van der Waals surface area contributed by atoms with Crippen LogP contribution in [-0.4, -0.2) is 17.6 Å². The van der Waals surface area contributed by atoms with E-state index in [4.69, 9.17) is 5.73 Å². The van der Waals surface area contributed by atoms with Crippen molar-refractivity contribution in [3.05, 3.63) is 65.2 Å². The third kappa shape index (κ3) is 4.52. The largest absolute Gasteiger partial charge is 0.383 e. The van der Waals surface area contributed by atoms with Crippen LogP contribution in [0.1, 0.15) is 25.0 Å². The summed E-state index contributed by atoms with van der Waals surface area (Å²) in [6.07, 6.45) is 0.940. The molecule has 4 nitrogen and oxygen atoms in total. The lowest BCUT2D eigenvalue weighted by Crippen LogP contribution is -2.30. The smallest absolute Gasteiger partial charge is 0.193 e. The van der Waals surface area contributed by atoms with E-state index in [1.807, 2.05) is 24.3 Å². The topological polar surface area (TPSA) is 70.6 Å². The number of halogens is 2. The molecule has 0 heterocycles. The van der Waals surface area contributed by atoms with E-state index in [1.54, 1.807) is 0 Å². The molecule has 1 atom stereocenters. The van der Waals surface area contributed by atoms with Gasteiger partial charge in [0, 0.05) is 17.3 Å². The quantitative estimate of drug-likeness (QED) is 0.581. The first kappa shape index (κ1) is 17.9. The van der Waals surface area contributed by atoms with Crippen molar-refractivity contribution in [3.8, 4) is 0 Å². The number of benzene rings is 2. The number of hydrogen-bond donors (Lipinski definition) is 3. The first-order valence-corrected chi connectivity index (χ1v) is 7.65. The van der Waals surface area contributed by atoms with Gasteiger partial charge in [-0.25, -0.2) is 13.8 Å². The molecule has 0 radical (unpaired) electrons. The molecule has 0 aromatic heterocycles.